The van der Waals surface area contributed by atoms with E-state index in [0.717, 1.165) is 35.8 Å². The van der Waals surface area contributed by atoms with Gasteiger partial charge in [0.1, 0.15) is 4.34 Å². The van der Waals surface area contributed by atoms with Gasteiger partial charge in [-0.25, -0.2) is 4.98 Å². The highest BCUT2D eigenvalue weighted by Crippen LogP contribution is 2.24. The number of nitrogens with zero attached hydrogens (tertiary/aromatic N) is 1. The fourth-order valence-electron chi connectivity index (χ4n) is 1.32. The Morgan fingerprint density at radius 1 is 1.35 bits per heavy atom. The predicted octanol–water partition coefficient (Wildman–Crippen LogP) is 2.42. The number of hydrogen-bond donors (Lipinski definition) is 2. The Labute approximate surface area is 109 Å². The van der Waals surface area contributed by atoms with Gasteiger partial charge in [-0.05, 0) is 12.8 Å². The first kappa shape index (κ1) is 14.5. The number of aromatic nitrogens is 1. The van der Waals surface area contributed by atoms with Crippen LogP contribution in [-0.2, 0) is 11.2 Å². The topological polar surface area (TPSA) is 70.4 Å². The van der Waals surface area contributed by atoms with E-state index in [-0.39, 0.29) is 13.0 Å². The van der Waals surface area contributed by atoms with E-state index in [9.17, 15) is 4.79 Å². The van der Waals surface area contributed by atoms with Crippen molar-refractivity contribution in [2.45, 2.75) is 36.4 Å². The maximum atomic E-state index is 10.5. The molecule has 1 aromatic rings. The molecule has 0 aromatic carbocycles. The highest BCUT2D eigenvalue weighted by Gasteiger charge is 2.06. The highest BCUT2D eigenvalue weighted by atomic mass is 32.2. The van der Waals surface area contributed by atoms with Gasteiger partial charge in [0.05, 0.1) is 12.1 Å². The summed E-state index contributed by atoms with van der Waals surface area (Å²) in [6, 6.07) is 0. The summed E-state index contributed by atoms with van der Waals surface area (Å²) in [5, 5.41) is 19.0. The molecule has 0 radical (unpaired) electrons. The molecule has 6 heteroatoms. The van der Waals surface area contributed by atoms with Crippen LogP contribution in [-0.4, -0.2) is 33.5 Å². The first-order chi connectivity index (χ1) is 8.22. The van der Waals surface area contributed by atoms with Gasteiger partial charge < -0.3 is 10.2 Å². The molecular formula is C11H17NO3S2. The molecule has 0 spiro atoms. The third-order valence-corrected chi connectivity index (χ3v) is 4.30. The van der Waals surface area contributed by atoms with Crippen molar-refractivity contribution >= 4 is 29.1 Å². The van der Waals surface area contributed by atoms with E-state index in [1.807, 2.05) is 5.38 Å². The van der Waals surface area contributed by atoms with Crippen molar-refractivity contribution in [3.05, 3.63) is 11.1 Å². The zero-order valence-corrected chi connectivity index (χ0v) is 11.2. The van der Waals surface area contributed by atoms with Crippen LogP contribution < -0.4 is 0 Å². The van der Waals surface area contributed by atoms with Gasteiger partial charge in [0.25, 0.3) is 0 Å². The van der Waals surface area contributed by atoms with Crippen LogP contribution in [0.15, 0.2) is 9.72 Å². The van der Waals surface area contributed by atoms with Crippen molar-refractivity contribution in [3.8, 4) is 0 Å². The van der Waals surface area contributed by atoms with Crippen molar-refractivity contribution in [1.82, 2.24) is 4.98 Å². The average molecular weight is 275 g/mol. The van der Waals surface area contributed by atoms with Crippen LogP contribution in [0, 0.1) is 0 Å². The van der Waals surface area contributed by atoms with Crippen LogP contribution in [0.4, 0.5) is 0 Å². The SMILES string of the molecule is O=C(O)Cc1csc(SCCCCCCO)n1. The van der Waals surface area contributed by atoms with Gasteiger partial charge >= 0.3 is 5.97 Å². The molecule has 96 valence electrons. The van der Waals surface area contributed by atoms with E-state index in [4.69, 9.17) is 10.2 Å². The number of aliphatic hydroxyl groups excluding tert-OH is 1. The zero-order valence-electron chi connectivity index (χ0n) is 9.59. The molecular weight excluding hydrogens is 258 g/mol. The lowest BCUT2D eigenvalue weighted by Crippen LogP contribution is -1.99. The molecule has 0 atom stereocenters. The van der Waals surface area contributed by atoms with E-state index in [2.05, 4.69) is 4.98 Å². The van der Waals surface area contributed by atoms with E-state index in [1.165, 1.54) is 11.3 Å². The van der Waals surface area contributed by atoms with Crippen LogP contribution in [0.2, 0.25) is 0 Å². The van der Waals surface area contributed by atoms with Crippen LogP contribution >= 0.6 is 23.1 Å². The molecule has 1 rings (SSSR count). The third-order valence-electron chi connectivity index (χ3n) is 2.14. The van der Waals surface area contributed by atoms with Gasteiger partial charge in [-0.15, -0.1) is 11.3 Å². The summed E-state index contributed by atoms with van der Waals surface area (Å²) in [6.07, 6.45) is 4.19. The number of thiazole rings is 1. The van der Waals surface area contributed by atoms with Gasteiger partial charge in [-0.3, -0.25) is 4.79 Å². The van der Waals surface area contributed by atoms with E-state index in [1.54, 1.807) is 11.8 Å². The molecule has 1 heterocycles. The van der Waals surface area contributed by atoms with Gasteiger partial charge in [0, 0.05) is 17.7 Å². The second-order valence-corrected chi connectivity index (χ2v) is 5.86. The number of hydrogen-bond acceptors (Lipinski definition) is 5. The maximum Gasteiger partial charge on any atom is 0.309 e. The fraction of sp³-hybridized carbons (Fsp3) is 0.636. The molecule has 0 unspecified atom stereocenters. The summed E-state index contributed by atoms with van der Waals surface area (Å²) in [4.78, 5) is 14.7. The smallest absolute Gasteiger partial charge is 0.309 e. The number of unbranched alkanes of at least 4 members (excludes halogenated alkanes) is 3. The van der Waals surface area contributed by atoms with Crippen molar-refractivity contribution in [1.29, 1.82) is 0 Å². The molecule has 0 bridgehead atoms. The summed E-state index contributed by atoms with van der Waals surface area (Å²) in [5.41, 5.74) is 0.644. The zero-order chi connectivity index (χ0) is 12.5. The molecule has 0 fully saturated rings. The van der Waals surface area contributed by atoms with E-state index in [0.29, 0.717) is 5.69 Å². The lowest BCUT2D eigenvalue weighted by molar-refractivity contribution is -0.136. The predicted molar refractivity (Wildman–Crippen MR) is 69.7 cm³/mol. The number of carboxylic acid groups (broad SMARTS) is 1. The molecule has 0 amide bonds. The van der Waals surface area contributed by atoms with E-state index >= 15 is 0 Å². The molecule has 0 aliphatic carbocycles. The average Bonchev–Trinajstić information content (AvgIpc) is 2.70. The van der Waals surface area contributed by atoms with Gasteiger partial charge in [0.2, 0.25) is 0 Å². The molecule has 1 aromatic heterocycles. The Balaban J connectivity index is 2.14. The Morgan fingerprint density at radius 2 is 2.12 bits per heavy atom. The second kappa shape index (κ2) is 8.49. The monoisotopic (exact) mass is 275 g/mol. The Morgan fingerprint density at radius 3 is 2.82 bits per heavy atom. The highest BCUT2D eigenvalue weighted by molar-refractivity contribution is 8.00. The maximum absolute atomic E-state index is 10.5. The lowest BCUT2D eigenvalue weighted by Gasteiger charge is -1.98. The number of thioether (sulfide) groups is 1. The quantitative estimate of drug-likeness (QED) is 0.535. The van der Waals surface area contributed by atoms with Gasteiger partial charge in [-0.2, -0.15) is 0 Å². The number of carboxylic acids is 1. The third kappa shape index (κ3) is 6.65. The standard InChI is InChI=1S/C11H17NO3S2/c13-5-3-1-2-4-6-16-11-12-9(8-17-11)7-10(14)15/h8,13H,1-7H2,(H,14,15). The Kier molecular flexibility index (Phi) is 7.23. The lowest BCUT2D eigenvalue weighted by atomic mass is 10.2. The molecule has 2 N–H and O–H groups in total. The van der Waals surface area contributed by atoms with Gasteiger partial charge in [0.15, 0.2) is 0 Å². The largest absolute Gasteiger partial charge is 0.481 e. The number of rotatable bonds is 9. The summed E-state index contributed by atoms with van der Waals surface area (Å²) < 4.78 is 0.948. The molecule has 0 saturated carbocycles. The minimum Gasteiger partial charge on any atom is -0.481 e. The van der Waals surface area contributed by atoms with Gasteiger partial charge in [-0.1, -0.05) is 24.6 Å². The normalized spacial score (nSPS) is 10.6. The van der Waals surface area contributed by atoms with Crippen molar-refractivity contribution in [2.24, 2.45) is 0 Å². The molecule has 0 saturated heterocycles. The first-order valence-electron chi connectivity index (χ1n) is 5.62. The van der Waals surface area contributed by atoms with E-state index < -0.39 is 5.97 Å². The number of aliphatic carboxylic acids is 1. The molecule has 0 aliphatic rings. The summed E-state index contributed by atoms with van der Waals surface area (Å²) in [5.74, 6) is 0.168. The molecule has 4 nitrogen and oxygen atoms in total. The summed E-state index contributed by atoms with van der Waals surface area (Å²) in [7, 11) is 0. The fourth-order valence-corrected chi connectivity index (χ4v) is 3.23. The van der Waals surface area contributed by atoms with Crippen LogP contribution in [0.25, 0.3) is 0 Å². The van der Waals surface area contributed by atoms with Crippen LogP contribution in [0.3, 0.4) is 0 Å². The summed E-state index contributed by atoms with van der Waals surface area (Å²) >= 11 is 3.19. The molecule has 0 aliphatic heterocycles. The minimum absolute atomic E-state index is 0.00750. The first-order valence-corrected chi connectivity index (χ1v) is 7.48. The Hall–Kier alpha value is -0.590. The summed E-state index contributed by atoms with van der Waals surface area (Å²) in [6.45, 7) is 0.276. The molecule has 17 heavy (non-hydrogen) atoms. The van der Waals surface area contributed by atoms with Crippen molar-refractivity contribution in [3.63, 3.8) is 0 Å². The second-order valence-electron chi connectivity index (χ2n) is 3.66. The number of carbonyl (C=O) groups is 1. The Bertz CT molecular complexity index is 341. The van der Waals surface area contributed by atoms with Crippen LogP contribution in [0.5, 0.6) is 0 Å². The van der Waals surface area contributed by atoms with Crippen LogP contribution in [0.1, 0.15) is 31.4 Å². The minimum atomic E-state index is -0.837. The van der Waals surface area contributed by atoms with Crippen molar-refractivity contribution < 1.29 is 15.0 Å². The number of aliphatic hydroxyl groups is 1. The van der Waals surface area contributed by atoms with Crippen molar-refractivity contribution in [2.75, 3.05) is 12.4 Å².